The molecule has 3 aliphatic rings. The number of nitrogens with zero attached hydrogens (tertiary/aromatic N) is 4. The van der Waals surface area contributed by atoms with Crippen LogP contribution in [0.25, 0.3) is 0 Å². The normalized spacial score (nSPS) is 23.1. The Bertz CT molecular complexity index is 983. The summed E-state index contributed by atoms with van der Waals surface area (Å²) in [5.41, 5.74) is -1.23. The van der Waals surface area contributed by atoms with E-state index in [1.165, 1.54) is 19.3 Å². The molecule has 2 atom stereocenters. The molecule has 3 fully saturated rings. The summed E-state index contributed by atoms with van der Waals surface area (Å²) >= 11 is 0. The number of hydrogen-bond acceptors (Lipinski definition) is 10. The molecule has 0 saturated carbocycles. The zero-order valence-electron chi connectivity index (χ0n) is 27.2. The molecule has 12 nitrogen and oxygen atoms in total. The molecule has 3 heterocycles. The fourth-order valence-electron chi connectivity index (χ4n) is 6.46. The van der Waals surface area contributed by atoms with Gasteiger partial charge in [-0.3, -0.25) is 29.0 Å². The number of piperidine rings is 1. The largest absolute Gasteiger partial charge is 0.355 e. The van der Waals surface area contributed by atoms with E-state index in [9.17, 15) is 24.0 Å². The molecule has 0 aliphatic carbocycles. The van der Waals surface area contributed by atoms with Crippen LogP contribution in [0.2, 0.25) is 0 Å². The lowest BCUT2D eigenvalue weighted by atomic mass is 9.78. The second-order valence-corrected chi connectivity index (χ2v) is 13.6. The molecule has 3 saturated heterocycles. The summed E-state index contributed by atoms with van der Waals surface area (Å²) in [6, 6.07) is 0.968. The van der Waals surface area contributed by atoms with E-state index in [0.717, 1.165) is 39.3 Å². The number of amides is 3. The lowest BCUT2D eigenvalue weighted by Crippen LogP contribution is -2.57. The molecular weight excluding hydrogens is 555 g/mol. The number of imide groups is 1. The molecule has 2 unspecified atom stereocenters. The quantitative estimate of drug-likeness (QED) is 0.159. The molecule has 43 heavy (non-hydrogen) atoms. The standard InChI is InChI=1S/C31H54N6O6/c1-23-8-7-9-24(2)36(23)22-30(3,4)29(42)31(5,6)33-14-12-25(38)32-15-17-35-20-18-34(19-21-35)16-13-28(41)43-37-26(39)10-11-27(37)40/h23-24,33H,7-22H2,1-6H3,(H,32,38)/i25+1,32+1,33+1. The third-order valence-corrected chi connectivity index (χ3v) is 9.10. The Hall–Kier alpha value is -2.41. The summed E-state index contributed by atoms with van der Waals surface area (Å²) in [6.45, 7) is 18.6. The van der Waals surface area contributed by atoms with Gasteiger partial charge in [0, 0.05) is 95.7 Å². The minimum atomic E-state index is -0.731. The number of hydrogen-bond donors (Lipinski definition) is 2. The van der Waals surface area contributed by atoms with Gasteiger partial charge in [0.2, 0.25) is 5.91 Å². The minimum absolute atomic E-state index is 0.0434. The number of piperazine rings is 1. The molecule has 0 aromatic carbocycles. The number of likely N-dealkylation sites (tertiary alicyclic amines) is 1. The highest BCUT2D eigenvalue weighted by atomic mass is 16.7. The van der Waals surface area contributed by atoms with Gasteiger partial charge in [-0.05, 0) is 40.5 Å². The average Bonchev–Trinajstić information content (AvgIpc) is 3.26. The lowest BCUT2D eigenvalue weighted by molar-refractivity contribution is -0.197. The molecule has 0 bridgehead atoms. The van der Waals surface area contributed by atoms with Crippen molar-refractivity contribution in [3.05, 3.63) is 0 Å². The van der Waals surface area contributed by atoms with Crippen molar-refractivity contribution in [2.24, 2.45) is 5.41 Å². The number of carbonyl (C=O) groups is 5. The van der Waals surface area contributed by atoms with E-state index in [2.05, 4.69) is 39.2 Å². The van der Waals surface area contributed by atoms with Crippen LogP contribution in [0.3, 0.4) is 0 Å². The fourth-order valence-corrected chi connectivity index (χ4v) is 6.46. The van der Waals surface area contributed by atoms with Crippen molar-refractivity contribution >= 4 is 29.5 Å². The number of nitrogens with one attached hydrogen (secondary N) is 2. The van der Waals surface area contributed by atoms with Crippen molar-refractivity contribution in [1.82, 2.24) is 30.4 Å². The van der Waals surface area contributed by atoms with Gasteiger partial charge < -0.3 is 20.4 Å². The van der Waals surface area contributed by atoms with Gasteiger partial charge >= 0.3 is 5.97 Å². The Labute approximate surface area is 257 Å². The first-order chi connectivity index (χ1) is 20.2. The van der Waals surface area contributed by atoms with Crippen LogP contribution in [0.5, 0.6) is 0 Å². The maximum atomic E-state index is 13.5. The van der Waals surface area contributed by atoms with Gasteiger partial charge in [0.1, 0.15) is 0 Å². The van der Waals surface area contributed by atoms with Gasteiger partial charge in [0.25, 0.3) is 11.8 Å². The van der Waals surface area contributed by atoms with Gasteiger partial charge in [-0.1, -0.05) is 20.3 Å². The van der Waals surface area contributed by atoms with Crippen LogP contribution in [0.4, 0.5) is 0 Å². The summed E-state index contributed by atoms with van der Waals surface area (Å²) in [6.07, 6.45) is 4.17. The minimum Gasteiger partial charge on any atom is -0.355 e. The molecule has 0 spiro atoms. The van der Waals surface area contributed by atoms with Crippen molar-refractivity contribution in [1.29, 1.82) is 0 Å². The van der Waals surface area contributed by atoms with Gasteiger partial charge in [-0.15, -0.1) is 5.06 Å². The first kappa shape index (κ1) is 35.1. The van der Waals surface area contributed by atoms with Crippen LogP contribution >= 0.6 is 0 Å². The topological polar surface area (TPSA) is 132 Å². The highest BCUT2D eigenvalue weighted by Gasteiger charge is 2.41. The fraction of sp³-hybridized carbons (Fsp3) is 0.839. The Kier molecular flexibility index (Phi) is 12.7. The van der Waals surface area contributed by atoms with Crippen LogP contribution in [-0.4, -0.2) is 126 Å². The molecule has 0 aromatic rings. The summed E-state index contributed by atoms with van der Waals surface area (Å²) in [5, 5.41) is 6.90. The van der Waals surface area contributed by atoms with E-state index >= 15 is 0 Å². The Balaban J connectivity index is 1.27. The second kappa shape index (κ2) is 15.5. The predicted octanol–water partition coefficient (Wildman–Crippen LogP) is 1.33. The maximum Gasteiger partial charge on any atom is 0.334 e. The van der Waals surface area contributed by atoms with Crippen LogP contribution in [0.1, 0.15) is 86.5 Å². The first-order valence-corrected chi connectivity index (χ1v) is 16.0. The molecule has 244 valence electrons. The van der Waals surface area contributed by atoms with Crippen LogP contribution in [-0.2, 0) is 28.8 Å². The molecule has 3 aliphatic heterocycles. The second-order valence-electron chi connectivity index (χ2n) is 13.6. The highest BCUT2D eigenvalue weighted by Crippen LogP contribution is 2.31. The summed E-state index contributed by atoms with van der Waals surface area (Å²) in [5.74, 6) is -1.40. The van der Waals surface area contributed by atoms with Crippen molar-refractivity contribution < 1.29 is 28.8 Å². The van der Waals surface area contributed by atoms with Crippen LogP contribution in [0, 0.1) is 5.41 Å². The number of carbonyl (C=O) groups excluding carboxylic acids is 5. The van der Waals surface area contributed by atoms with E-state index in [1.54, 1.807) is 0 Å². The zero-order valence-corrected chi connectivity index (χ0v) is 27.2. The molecular formula is C31H54N6O6. The lowest BCUT2D eigenvalue weighted by Gasteiger charge is -2.44. The van der Waals surface area contributed by atoms with E-state index in [0.29, 0.717) is 43.2 Å². The summed E-state index contributed by atoms with van der Waals surface area (Å²) in [4.78, 5) is 73.0. The summed E-state index contributed by atoms with van der Waals surface area (Å²) < 4.78 is 0. The number of Topliss-reactive ketones (excluding diaryl/α,β-unsaturated/α-hetero) is 1. The van der Waals surface area contributed by atoms with Crippen LogP contribution < -0.4 is 10.6 Å². The Morgan fingerprint density at radius 1 is 0.837 bits per heavy atom. The van der Waals surface area contributed by atoms with Crippen molar-refractivity contribution in [2.75, 3.05) is 58.9 Å². The third-order valence-electron chi connectivity index (χ3n) is 9.10. The predicted molar refractivity (Wildman–Crippen MR) is 163 cm³/mol. The highest BCUT2D eigenvalue weighted by molar-refractivity contribution is 6.01. The zero-order chi connectivity index (χ0) is 31.8. The number of ketones is 1. The smallest absolute Gasteiger partial charge is 0.334 e. The van der Waals surface area contributed by atoms with Gasteiger partial charge in [0.15, 0.2) is 5.78 Å². The molecule has 3 rings (SSSR count). The average molecular weight is 610 g/mol. The van der Waals surface area contributed by atoms with E-state index in [4.69, 9.17) is 4.84 Å². The molecule has 12 heteroatoms. The molecule has 0 aromatic heterocycles. The van der Waals surface area contributed by atoms with E-state index < -0.39 is 28.7 Å². The Morgan fingerprint density at radius 3 is 1.98 bits per heavy atom. The van der Waals surface area contributed by atoms with Crippen LogP contribution in [0.15, 0.2) is 0 Å². The SMILES string of the molecule is CC1CCCC(C)N1CC(C)(C)C(=O)C(C)(C)[15NH]CC[13C](=O)[15NH]CCN1CCN(CCC(=O)ON2C(=O)CCC2=O)CC1. The molecule has 2 N–H and O–H groups in total. The third kappa shape index (κ3) is 10.3. The molecule has 3 amide bonds. The van der Waals surface area contributed by atoms with Gasteiger partial charge in [-0.2, -0.15) is 0 Å². The monoisotopic (exact) mass is 609 g/mol. The van der Waals surface area contributed by atoms with E-state index in [1.807, 2.05) is 27.7 Å². The van der Waals surface area contributed by atoms with Crippen molar-refractivity contribution in [2.45, 2.75) is 104 Å². The maximum absolute atomic E-state index is 13.5. The van der Waals surface area contributed by atoms with Gasteiger partial charge in [0.05, 0.1) is 12.0 Å². The first-order valence-electron chi connectivity index (χ1n) is 16.0. The van der Waals surface area contributed by atoms with E-state index in [-0.39, 0.29) is 31.0 Å². The summed E-state index contributed by atoms with van der Waals surface area (Å²) in [7, 11) is 0. The number of hydroxylamine groups is 2. The van der Waals surface area contributed by atoms with Crippen molar-refractivity contribution in [3.63, 3.8) is 0 Å². The van der Waals surface area contributed by atoms with Crippen molar-refractivity contribution in [3.8, 4) is 0 Å². The number of rotatable bonds is 15. The molecule has 0 radical (unpaired) electrons. The Morgan fingerprint density at radius 2 is 1.40 bits per heavy atom. The van der Waals surface area contributed by atoms with Gasteiger partial charge in [-0.25, -0.2) is 4.79 Å².